The van der Waals surface area contributed by atoms with Crippen LogP contribution in [0.5, 0.6) is 0 Å². The predicted molar refractivity (Wildman–Crippen MR) is 88.8 cm³/mol. The van der Waals surface area contributed by atoms with Gasteiger partial charge in [-0.3, -0.25) is 0 Å². The fourth-order valence-corrected chi connectivity index (χ4v) is 2.56. The zero-order chi connectivity index (χ0) is 16.2. The van der Waals surface area contributed by atoms with E-state index in [2.05, 4.69) is 4.36 Å². The highest BCUT2D eigenvalue weighted by Crippen LogP contribution is 2.20. The van der Waals surface area contributed by atoms with Crippen molar-refractivity contribution >= 4 is 21.4 Å². The minimum Gasteiger partial charge on any atom is -0.457 e. The van der Waals surface area contributed by atoms with E-state index in [4.69, 9.17) is 4.74 Å². The summed E-state index contributed by atoms with van der Waals surface area (Å²) in [7, 11) is -2.26. The SMILES string of the molecule is Cc1ccc(N=S(C)(C)=O)cc1C(=O)OCc1ccccc1. The van der Waals surface area contributed by atoms with E-state index in [9.17, 15) is 9.00 Å². The van der Waals surface area contributed by atoms with Gasteiger partial charge in [0.05, 0.1) is 11.3 Å². The molecule has 116 valence electrons. The molecule has 5 heteroatoms. The number of aryl methyl sites for hydroxylation is 1. The van der Waals surface area contributed by atoms with E-state index in [0.717, 1.165) is 11.1 Å². The Morgan fingerprint density at radius 2 is 1.82 bits per heavy atom. The van der Waals surface area contributed by atoms with Crippen LogP contribution in [0.2, 0.25) is 0 Å². The van der Waals surface area contributed by atoms with Gasteiger partial charge in [0.15, 0.2) is 0 Å². The first kappa shape index (κ1) is 16.2. The number of esters is 1. The van der Waals surface area contributed by atoms with Crippen molar-refractivity contribution in [3.05, 3.63) is 65.2 Å². The summed E-state index contributed by atoms with van der Waals surface area (Å²) in [6, 6.07) is 14.6. The van der Waals surface area contributed by atoms with Gasteiger partial charge in [-0.2, -0.15) is 4.36 Å². The van der Waals surface area contributed by atoms with Gasteiger partial charge >= 0.3 is 5.97 Å². The van der Waals surface area contributed by atoms with Crippen molar-refractivity contribution in [2.45, 2.75) is 13.5 Å². The maximum absolute atomic E-state index is 12.2. The average Bonchev–Trinajstić information content (AvgIpc) is 2.46. The van der Waals surface area contributed by atoms with Crippen molar-refractivity contribution in [3.63, 3.8) is 0 Å². The number of hydrogen-bond acceptors (Lipinski definition) is 4. The van der Waals surface area contributed by atoms with E-state index in [1.807, 2.05) is 37.3 Å². The molecular weight excluding hydrogens is 298 g/mol. The zero-order valence-corrected chi connectivity index (χ0v) is 13.7. The smallest absolute Gasteiger partial charge is 0.338 e. The maximum Gasteiger partial charge on any atom is 0.338 e. The lowest BCUT2D eigenvalue weighted by Crippen LogP contribution is -2.07. The quantitative estimate of drug-likeness (QED) is 0.808. The summed E-state index contributed by atoms with van der Waals surface area (Å²) < 4.78 is 21.2. The van der Waals surface area contributed by atoms with Crippen LogP contribution in [-0.2, 0) is 21.1 Å². The molecule has 0 aliphatic carbocycles. The molecule has 0 saturated carbocycles. The van der Waals surface area contributed by atoms with Crippen molar-refractivity contribution in [3.8, 4) is 0 Å². The van der Waals surface area contributed by atoms with E-state index >= 15 is 0 Å². The van der Waals surface area contributed by atoms with Crippen LogP contribution in [-0.4, -0.2) is 22.7 Å². The summed E-state index contributed by atoms with van der Waals surface area (Å²) >= 11 is 0. The van der Waals surface area contributed by atoms with E-state index in [-0.39, 0.29) is 6.61 Å². The molecule has 0 spiro atoms. The average molecular weight is 317 g/mol. The number of ether oxygens (including phenoxy) is 1. The van der Waals surface area contributed by atoms with E-state index in [0.29, 0.717) is 11.3 Å². The van der Waals surface area contributed by atoms with Crippen molar-refractivity contribution in [2.75, 3.05) is 12.5 Å². The Kier molecular flexibility index (Phi) is 4.98. The van der Waals surface area contributed by atoms with Crippen molar-refractivity contribution in [1.82, 2.24) is 0 Å². The molecule has 0 radical (unpaired) electrons. The number of rotatable bonds is 4. The molecule has 4 nitrogen and oxygen atoms in total. The Morgan fingerprint density at radius 1 is 1.14 bits per heavy atom. The lowest BCUT2D eigenvalue weighted by Gasteiger charge is -2.08. The molecule has 2 aromatic carbocycles. The lowest BCUT2D eigenvalue weighted by molar-refractivity contribution is 0.0472. The summed E-state index contributed by atoms with van der Waals surface area (Å²) in [6.07, 6.45) is 3.11. The molecule has 0 atom stereocenters. The standard InChI is InChI=1S/C17H19NO3S/c1-13-9-10-15(18-22(2,3)20)11-16(13)17(19)21-12-14-7-5-4-6-8-14/h4-11H,12H2,1-3H3. The monoisotopic (exact) mass is 317 g/mol. The molecule has 0 aromatic heterocycles. The number of hydrogen-bond donors (Lipinski definition) is 0. The summed E-state index contributed by atoms with van der Waals surface area (Å²) in [5, 5.41) is 0. The summed E-state index contributed by atoms with van der Waals surface area (Å²) in [5.41, 5.74) is 2.70. The highest BCUT2D eigenvalue weighted by atomic mass is 32.2. The van der Waals surface area contributed by atoms with Crippen molar-refractivity contribution in [2.24, 2.45) is 4.36 Å². The number of carbonyl (C=O) groups is 1. The third kappa shape index (κ3) is 4.70. The van der Waals surface area contributed by atoms with Crippen LogP contribution in [0.1, 0.15) is 21.5 Å². The molecule has 22 heavy (non-hydrogen) atoms. The van der Waals surface area contributed by atoms with E-state index in [1.54, 1.807) is 30.7 Å². The second-order valence-corrected chi connectivity index (χ2v) is 7.88. The molecule has 0 amide bonds. The Labute approximate surface area is 131 Å². The molecule has 0 unspecified atom stereocenters. The lowest BCUT2D eigenvalue weighted by atomic mass is 10.1. The fourth-order valence-electron chi connectivity index (χ4n) is 1.94. The highest BCUT2D eigenvalue weighted by Gasteiger charge is 2.12. The zero-order valence-electron chi connectivity index (χ0n) is 12.9. The van der Waals surface area contributed by atoms with E-state index < -0.39 is 15.7 Å². The van der Waals surface area contributed by atoms with Crippen LogP contribution >= 0.6 is 0 Å². The Bertz CT molecular complexity index is 783. The third-order valence-corrected chi connectivity index (χ3v) is 3.63. The number of carbonyl (C=O) groups excluding carboxylic acids is 1. The first-order chi connectivity index (χ1) is 10.3. The first-order valence-electron chi connectivity index (χ1n) is 6.84. The molecule has 0 heterocycles. The molecule has 0 N–H and O–H groups in total. The minimum absolute atomic E-state index is 0.221. The second-order valence-electron chi connectivity index (χ2n) is 5.33. The van der Waals surface area contributed by atoms with Gasteiger partial charge in [-0.1, -0.05) is 36.4 Å². The van der Waals surface area contributed by atoms with Crippen LogP contribution in [0, 0.1) is 6.92 Å². The molecule has 0 fully saturated rings. The number of benzene rings is 2. The second kappa shape index (κ2) is 6.75. The topological polar surface area (TPSA) is 55.7 Å². The van der Waals surface area contributed by atoms with Crippen LogP contribution in [0.4, 0.5) is 5.69 Å². The summed E-state index contributed by atoms with van der Waals surface area (Å²) in [6.45, 7) is 2.05. The molecule has 2 rings (SSSR count). The van der Waals surface area contributed by atoms with Crippen LogP contribution in [0.3, 0.4) is 0 Å². The molecule has 0 aliphatic heterocycles. The maximum atomic E-state index is 12.2. The van der Waals surface area contributed by atoms with Gasteiger partial charge in [0, 0.05) is 22.2 Å². The van der Waals surface area contributed by atoms with E-state index in [1.165, 1.54) is 0 Å². The van der Waals surface area contributed by atoms with Crippen molar-refractivity contribution < 1.29 is 13.7 Å². The molecule has 0 saturated heterocycles. The van der Waals surface area contributed by atoms with Crippen LogP contribution < -0.4 is 0 Å². The molecule has 0 bridgehead atoms. The van der Waals surface area contributed by atoms with Gasteiger partial charge < -0.3 is 4.74 Å². The van der Waals surface area contributed by atoms with Crippen LogP contribution in [0.25, 0.3) is 0 Å². The Hall–Kier alpha value is -2.14. The Balaban J connectivity index is 2.19. The minimum atomic E-state index is -2.26. The van der Waals surface area contributed by atoms with Gasteiger partial charge in [0.1, 0.15) is 6.61 Å². The van der Waals surface area contributed by atoms with Gasteiger partial charge in [-0.15, -0.1) is 0 Å². The molecule has 0 aliphatic rings. The normalized spacial score (nSPS) is 11.0. The third-order valence-electron chi connectivity index (χ3n) is 2.98. The van der Waals surface area contributed by atoms with Crippen molar-refractivity contribution in [1.29, 1.82) is 0 Å². The fraction of sp³-hybridized carbons (Fsp3) is 0.235. The number of nitrogens with zero attached hydrogens (tertiary/aromatic N) is 1. The van der Waals surface area contributed by atoms with Gasteiger partial charge in [-0.05, 0) is 30.2 Å². The largest absolute Gasteiger partial charge is 0.457 e. The predicted octanol–water partition coefficient (Wildman–Crippen LogP) is 3.71. The van der Waals surface area contributed by atoms with Gasteiger partial charge in [0.25, 0.3) is 0 Å². The van der Waals surface area contributed by atoms with Crippen LogP contribution in [0.15, 0.2) is 52.9 Å². The molecular formula is C17H19NO3S. The summed E-state index contributed by atoms with van der Waals surface area (Å²) in [5.74, 6) is -0.405. The first-order valence-corrected chi connectivity index (χ1v) is 9.17. The summed E-state index contributed by atoms with van der Waals surface area (Å²) in [4.78, 5) is 12.2. The molecule has 2 aromatic rings. The van der Waals surface area contributed by atoms with Gasteiger partial charge in [-0.25, -0.2) is 9.00 Å². The van der Waals surface area contributed by atoms with Gasteiger partial charge in [0.2, 0.25) is 0 Å². The Morgan fingerprint density at radius 3 is 2.45 bits per heavy atom. The highest BCUT2D eigenvalue weighted by molar-refractivity contribution is 7.92.